The van der Waals surface area contributed by atoms with Gasteiger partial charge in [0.15, 0.2) is 18.1 Å². The van der Waals surface area contributed by atoms with Crippen LogP contribution in [0.4, 0.5) is 4.79 Å². The molecule has 3 amide bonds. The van der Waals surface area contributed by atoms with E-state index >= 15 is 0 Å². The zero-order chi connectivity index (χ0) is 20.1. The van der Waals surface area contributed by atoms with Gasteiger partial charge in [0.25, 0.3) is 5.91 Å². The summed E-state index contributed by atoms with van der Waals surface area (Å²) in [6.07, 6.45) is -0.401. The highest BCUT2D eigenvalue weighted by atomic mass is 16.5. The molecule has 1 rings (SSSR count). The van der Waals surface area contributed by atoms with Crippen LogP contribution in [0.3, 0.4) is 0 Å². The van der Waals surface area contributed by atoms with Crippen molar-refractivity contribution in [1.29, 1.82) is 0 Å². The molecule has 0 bridgehead atoms. The first-order valence-corrected chi connectivity index (χ1v) is 8.73. The van der Waals surface area contributed by atoms with Crippen LogP contribution < -0.4 is 25.4 Å². The third kappa shape index (κ3) is 8.80. The number of carbonyl (C=O) groups excluding carboxylic acids is 3. The molecule has 1 aromatic rings. The van der Waals surface area contributed by atoms with Crippen LogP contribution in [-0.2, 0) is 20.9 Å². The number of carbonyl (C=O) groups is 3. The van der Waals surface area contributed by atoms with E-state index in [4.69, 9.17) is 14.2 Å². The van der Waals surface area contributed by atoms with E-state index in [2.05, 4.69) is 16.0 Å². The highest BCUT2D eigenvalue weighted by molar-refractivity contribution is 5.77. The summed E-state index contributed by atoms with van der Waals surface area (Å²) in [5.74, 6) is 0.488. The van der Waals surface area contributed by atoms with Crippen molar-refractivity contribution >= 4 is 17.9 Å². The van der Waals surface area contributed by atoms with Gasteiger partial charge in [-0.2, -0.15) is 0 Å². The van der Waals surface area contributed by atoms with Crippen LogP contribution in [0.5, 0.6) is 11.5 Å². The number of likely N-dealkylation sites (N-methyl/N-ethyl adjacent to an activating group) is 1. The van der Waals surface area contributed by atoms with Crippen LogP contribution in [0.15, 0.2) is 18.2 Å². The van der Waals surface area contributed by atoms with E-state index in [1.54, 1.807) is 25.1 Å². The number of ether oxygens (including phenoxy) is 3. The maximum atomic E-state index is 11.8. The lowest BCUT2D eigenvalue weighted by Gasteiger charge is -2.12. The summed E-state index contributed by atoms with van der Waals surface area (Å²) in [4.78, 5) is 34.4. The quantitative estimate of drug-likeness (QED) is 0.526. The predicted octanol–water partition coefficient (Wildman–Crippen LogP) is 0.963. The normalized spacial score (nSPS) is 9.89. The van der Waals surface area contributed by atoms with Gasteiger partial charge < -0.3 is 30.2 Å². The molecule has 3 N–H and O–H groups in total. The van der Waals surface area contributed by atoms with Crippen molar-refractivity contribution in [2.75, 3.05) is 33.4 Å². The van der Waals surface area contributed by atoms with Gasteiger partial charge in [-0.25, -0.2) is 4.79 Å². The average Bonchev–Trinajstić information content (AvgIpc) is 2.65. The summed E-state index contributed by atoms with van der Waals surface area (Å²) in [6.45, 7) is 4.74. The lowest BCUT2D eigenvalue weighted by atomic mass is 10.2. The van der Waals surface area contributed by atoms with E-state index in [9.17, 15) is 14.4 Å². The average molecular weight is 381 g/mol. The Labute approximate surface area is 158 Å². The Balaban J connectivity index is 2.45. The summed E-state index contributed by atoms with van der Waals surface area (Å²) in [6, 6.07) is 5.18. The summed E-state index contributed by atoms with van der Waals surface area (Å²) in [7, 11) is 1.50. The number of amides is 3. The molecule has 9 nitrogen and oxygen atoms in total. The second-order valence-electron chi connectivity index (χ2n) is 5.40. The highest BCUT2D eigenvalue weighted by Crippen LogP contribution is 2.28. The fourth-order valence-electron chi connectivity index (χ4n) is 2.08. The molecule has 0 fully saturated rings. The van der Waals surface area contributed by atoms with Gasteiger partial charge in [0.2, 0.25) is 5.91 Å². The second-order valence-corrected chi connectivity index (χ2v) is 5.40. The van der Waals surface area contributed by atoms with Crippen LogP contribution >= 0.6 is 0 Å². The van der Waals surface area contributed by atoms with E-state index in [0.717, 1.165) is 5.56 Å². The maximum absolute atomic E-state index is 11.8. The van der Waals surface area contributed by atoms with Crippen molar-refractivity contribution in [2.45, 2.75) is 26.8 Å². The Bertz CT molecular complexity index is 636. The molecule has 0 aromatic heterocycles. The van der Waals surface area contributed by atoms with Crippen LogP contribution in [0, 0.1) is 0 Å². The van der Waals surface area contributed by atoms with Crippen molar-refractivity contribution < 1.29 is 28.6 Å². The van der Waals surface area contributed by atoms with Crippen molar-refractivity contribution in [1.82, 2.24) is 16.0 Å². The SMILES string of the molecule is CCNC(=O)COc1ccc(CNC(=O)CCNC(=O)OCC)cc1OC. The smallest absolute Gasteiger partial charge is 0.407 e. The lowest BCUT2D eigenvalue weighted by molar-refractivity contribution is -0.123. The molecule has 27 heavy (non-hydrogen) atoms. The van der Waals surface area contributed by atoms with Crippen molar-refractivity contribution in [2.24, 2.45) is 0 Å². The summed E-state index contributed by atoms with van der Waals surface area (Å²) < 4.78 is 15.4. The lowest BCUT2D eigenvalue weighted by Crippen LogP contribution is -2.30. The Kier molecular flexibility index (Phi) is 10.1. The molecule has 0 aliphatic carbocycles. The molecule has 0 spiro atoms. The summed E-state index contributed by atoms with van der Waals surface area (Å²) in [5, 5.41) is 7.87. The standard InChI is InChI=1S/C18H27N3O6/c1-4-19-17(23)12-27-14-7-6-13(10-15(14)25-3)11-21-16(22)8-9-20-18(24)26-5-2/h6-7,10H,4-5,8-9,11-12H2,1-3H3,(H,19,23)(H,20,24)(H,21,22). The van der Waals surface area contributed by atoms with Crippen LogP contribution in [0.25, 0.3) is 0 Å². The fourth-order valence-corrected chi connectivity index (χ4v) is 2.08. The molecule has 0 saturated heterocycles. The zero-order valence-electron chi connectivity index (χ0n) is 15.9. The van der Waals surface area contributed by atoms with Gasteiger partial charge in [0.1, 0.15) is 0 Å². The molecule has 0 atom stereocenters. The van der Waals surface area contributed by atoms with Crippen LogP contribution in [0.2, 0.25) is 0 Å². The number of rotatable bonds is 11. The van der Waals surface area contributed by atoms with Gasteiger partial charge >= 0.3 is 6.09 Å². The molecule has 0 unspecified atom stereocenters. The van der Waals surface area contributed by atoms with Crippen LogP contribution in [0.1, 0.15) is 25.8 Å². The monoisotopic (exact) mass is 381 g/mol. The molecule has 0 radical (unpaired) electrons. The fraction of sp³-hybridized carbons (Fsp3) is 0.500. The third-order valence-corrected chi connectivity index (χ3v) is 3.35. The van der Waals surface area contributed by atoms with Crippen molar-refractivity contribution in [3.8, 4) is 11.5 Å². The number of hydrogen-bond acceptors (Lipinski definition) is 6. The molecule has 150 valence electrons. The molecule has 0 saturated carbocycles. The molecular formula is C18H27N3O6. The van der Waals surface area contributed by atoms with E-state index in [-0.39, 0.29) is 38.0 Å². The van der Waals surface area contributed by atoms with E-state index in [0.29, 0.717) is 24.6 Å². The maximum Gasteiger partial charge on any atom is 0.407 e. The summed E-state index contributed by atoms with van der Waals surface area (Å²) in [5.41, 5.74) is 0.809. The van der Waals surface area contributed by atoms with E-state index in [1.807, 2.05) is 6.92 Å². The number of hydrogen-bond donors (Lipinski definition) is 3. The van der Waals surface area contributed by atoms with Crippen LogP contribution in [-0.4, -0.2) is 51.3 Å². The zero-order valence-corrected chi connectivity index (χ0v) is 15.9. The van der Waals surface area contributed by atoms with E-state index < -0.39 is 6.09 Å². The minimum atomic E-state index is -0.543. The molecule has 0 aliphatic heterocycles. The minimum Gasteiger partial charge on any atom is -0.493 e. The van der Waals surface area contributed by atoms with E-state index in [1.165, 1.54) is 7.11 Å². The highest BCUT2D eigenvalue weighted by Gasteiger charge is 2.09. The second kappa shape index (κ2) is 12.4. The Morgan fingerprint density at radius 1 is 1.00 bits per heavy atom. The number of methoxy groups -OCH3 is 1. The third-order valence-electron chi connectivity index (χ3n) is 3.35. The molecule has 9 heteroatoms. The molecule has 0 aliphatic rings. The first kappa shape index (κ1) is 22.1. The Hall–Kier alpha value is -2.97. The van der Waals surface area contributed by atoms with Gasteiger partial charge in [-0.05, 0) is 31.5 Å². The predicted molar refractivity (Wildman–Crippen MR) is 98.7 cm³/mol. The first-order valence-electron chi connectivity index (χ1n) is 8.73. The number of alkyl carbamates (subject to hydrolysis) is 1. The van der Waals surface area contributed by atoms with Gasteiger partial charge in [-0.1, -0.05) is 6.07 Å². The minimum absolute atomic E-state index is 0.103. The molecule has 0 heterocycles. The van der Waals surface area contributed by atoms with Gasteiger partial charge in [-0.15, -0.1) is 0 Å². The number of benzene rings is 1. The number of nitrogens with one attached hydrogen (secondary N) is 3. The van der Waals surface area contributed by atoms with Gasteiger partial charge in [0, 0.05) is 26.1 Å². The van der Waals surface area contributed by atoms with Gasteiger partial charge in [-0.3, -0.25) is 9.59 Å². The van der Waals surface area contributed by atoms with Crippen molar-refractivity contribution in [3.05, 3.63) is 23.8 Å². The van der Waals surface area contributed by atoms with Gasteiger partial charge in [0.05, 0.1) is 13.7 Å². The Morgan fingerprint density at radius 2 is 1.78 bits per heavy atom. The first-order chi connectivity index (χ1) is 13.0. The topological polar surface area (TPSA) is 115 Å². The largest absolute Gasteiger partial charge is 0.493 e. The molecular weight excluding hydrogens is 354 g/mol. The summed E-state index contributed by atoms with van der Waals surface area (Å²) >= 11 is 0. The van der Waals surface area contributed by atoms with Crippen molar-refractivity contribution in [3.63, 3.8) is 0 Å². The molecule has 1 aromatic carbocycles. The Morgan fingerprint density at radius 3 is 2.44 bits per heavy atom.